The van der Waals surface area contributed by atoms with Crippen LogP contribution >= 0.6 is 0 Å². The first kappa shape index (κ1) is 25.9. The monoisotopic (exact) mass is 434 g/mol. The predicted octanol–water partition coefficient (Wildman–Crippen LogP) is 3.22. The Balaban J connectivity index is 0.000000247. The van der Waals surface area contributed by atoms with E-state index in [0.29, 0.717) is 0 Å². The Morgan fingerprint density at radius 2 is 1.81 bits per heavy atom. The number of ether oxygens (including phenoxy) is 1. The van der Waals surface area contributed by atoms with Crippen molar-refractivity contribution in [1.82, 2.24) is 10.2 Å². The summed E-state index contributed by atoms with van der Waals surface area (Å²) in [5.74, 6) is 0.416. The van der Waals surface area contributed by atoms with Gasteiger partial charge in [0.05, 0.1) is 12.3 Å². The molecule has 0 aliphatic heterocycles. The van der Waals surface area contributed by atoms with Crippen LogP contribution in [0.25, 0.3) is 0 Å². The Kier molecular flexibility index (Phi) is 10.5. The molecule has 3 amide bonds. The topological polar surface area (TPSA) is 177 Å². The van der Waals surface area contributed by atoms with Crippen molar-refractivity contribution in [3.8, 4) is 6.07 Å². The van der Waals surface area contributed by atoms with Crippen molar-refractivity contribution in [2.24, 2.45) is 23.3 Å². The maximum Gasteiger partial charge on any atom is 0.405 e. The summed E-state index contributed by atoms with van der Waals surface area (Å²) in [7, 11) is 0. The van der Waals surface area contributed by atoms with Crippen molar-refractivity contribution in [2.45, 2.75) is 77.7 Å². The molecule has 10 nitrogen and oxygen atoms in total. The first-order valence-electron chi connectivity index (χ1n) is 10.5. The summed E-state index contributed by atoms with van der Waals surface area (Å²) in [6.45, 7) is 5.28. The van der Waals surface area contributed by atoms with Crippen molar-refractivity contribution >= 4 is 23.7 Å². The number of primary amides is 2. The van der Waals surface area contributed by atoms with Gasteiger partial charge in [-0.3, -0.25) is 14.7 Å². The summed E-state index contributed by atoms with van der Waals surface area (Å²) in [4.78, 5) is 32.2. The van der Waals surface area contributed by atoms with Gasteiger partial charge in [0, 0.05) is 12.3 Å². The van der Waals surface area contributed by atoms with E-state index in [4.69, 9.17) is 16.7 Å². The van der Waals surface area contributed by atoms with Crippen LogP contribution in [0.4, 0.5) is 10.6 Å². The van der Waals surface area contributed by atoms with Crippen LogP contribution < -0.4 is 16.8 Å². The van der Waals surface area contributed by atoms with Gasteiger partial charge < -0.3 is 21.5 Å². The molecule has 2 aliphatic carbocycles. The molecule has 1 heterocycles. The molecule has 0 saturated heterocycles. The number of nitriles is 1. The zero-order chi connectivity index (χ0) is 23.4. The van der Waals surface area contributed by atoms with E-state index in [9.17, 15) is 14.4 Å². The number of aromatic amines is 1. The van der Waals surface area contributed by atoms with Crippen molar-refractivity contribution in [3.63, 3.8) is 0 Å². The van der Waals surface area contributed by atoms with Gasteiger partial charge in [-0.05, 0) is 52.4 Å². The standard InChI is InChI=1S/C8H10N4O2.C8H13N.C5H11NO2/c9-6(13)5-3-10-12-7(5)11-8(14)4-1-2-4;9-7-6-8-4-2-1-3-5-8;1-5(2,3)8-4(6)7/h3-4H,1-2H2,(H2,9,13)(H2,10,11,12,14);8H,1-6H2;1-3H3,(H2,6,7). The van der Waals surface area contributed by atoms with Crippen LogP contribution in [0.5, 0.6) is 0 Å². The first-order chi connectivity index (χ1) is 14.5. The summed E-state index contributed by atoms with van der Waals surface area (Å²) in [5, 5.41) is 17.1. The number of H-pyrrole nitrogens is 1. The van der Waals surface area contributed by atoms with Crippen molar-refractivity contribution in [1.29, 1.82) is 5.26 Å². The number of aromatic nitrogens is 2. The van der Waals surface area contributed by atoms with E-state index in [0.717, 1.165) is 25.2 Å². The Bertz CT molecular complexity index is 768. The van der Waals surface area contributed by atoms with Gasteiger partial charge in [0.2, 0.25) is 5.91 Å². The normalized spacial score (nSPS) is 15.8. The highest BCUT2D eigenvalue weighted by Crippen LogP contribution is 2.30. The predicted molar refractivity (Wildman–Crippen MR) is 116 cm³/mol. The highest BCUT2D eigenvalue weighted by atomic mass is 16.6. The minimum absolute atomic E-state index is 0.0824. The van der Waals surface area contributed by atoms with Gasteiger partial charge in [-0.2, -0.15) is 10.4 Å². The van der Waals surface area contributed by atoms with Crippen LogP contribution in [0.15, 0.2) is 6.20 Å². The molecule has 172 valence electrons. The SMILES string of the molecule is CC(C)(C)OC(N)=O.N#CCC1CCCCC1.NC(=O)c1cn[nH]c1NC(=O)C1CC1. The second-order valence-electron chi connectivity index (χ2n) is 8.69. The van der Waals surface area contributed by atoms with Crippen molar-refractivity contribution in [3.05, 3.63) is 11.8 Å². The third-order valence-electron chi connectivity index (χ3n) is 4.61. The van der Waals surface area contributed by atoms with E-state index in [1.54, 1.807) is 20.8 Å². The lowest BCUT2D eigenvalue weighted by Gasteiger charge is -2.17. The second-order valence-corrected chi connectivity index (χ2v) is 8.69. The lowest BCUT2D eigenvalue weighted by molar-refractivity contribution is -0.117. The minimum Gasteiger partial charge on any atom is -0.444 e. The number of rotatable bonds is 4. The van der Waals surface area contributed by atoms with Gasteiger partial charge in [-0.15, -0.1) is 0 Å². The molecule has 2 fully saturated rings. The molecule has 1 aromatic rings. The van der Waals surface area contributed by atoms with E-state index in [-0.39, 0.29) is 23.2 Å². The fourth-order valence-corrected chi connectivity index (χ4v) is 2.96. The number of nitrogens with two attached hydrogens (primary N) is 2. The maximum atomic E-state index is 11.3. The fourth-order valence-electron chi connectivity index (χ4n) is 2.96. The van der Waals surface area contributed by atoms with Gasteiger partial charge in [0.15, 0.2) is 0 Å². The van der Waals surface area contributed by atoms with Crippen molar-refractivity contribution in [2.75, 3.05) is 5.32 Å². The summed E-state index contributed by atoms with van der Waals surface area (Å²) >= 11 is 0. The molecule has 2 saturated carbocycles. The molecule has 0 aromatic carbocycles. The Morgan fingerprint density at radius 1 is 1.19 bits per heavy atom. The summed E-state index contributed by atoms with van der Waals surface area (Å²) in [5.41, 5.74) is 9.55. The van der Waals surface area contributed by atoms with Crippen LogP contribution in [0.3, 0.4) is 0 Å². The van der Waals surface area contributed by atoms with Crippen LogP contribution in [-0.2, 0) is 9.53 Å². The van der Waals surface area contributed by atoms with E-state index in [1.807, 2.05) is 0 Å². The van der Waals surface area contributed by atoms with Crippen LogP contribution in [0, 0.1) is 23.2 Å². The average molecular weight is 435 g/mol. The molecular formula is C21H34N6O4. The zero-order valence-corrected chi connectivity index (χ0v) is 18.6. The Labute approximate surface area is 183 Å². The molecule has 2 aliphatic rings. The lowest BCUT2D eigenvalue weighted by atomic mass is 9.87. The van der Waals surface area contributed by atoms with Crippen molar-refractivity contribution < 1.29 is 19.1 Å². The minimum atomic E-state index is -0.725. The molecule has 31 heavy (non-hydrogen) atoms. The molecule has 6 N–H and O–H groups in total. The summed E-state index contributed by atoms with van der Waals surface area (Å²) < 4.78 is 4.58. The van der Waals surface area contributed by atoms with Crippen LogP contribution in [-0.4, -0.2) is 33.7 Å². The third kappa shape index (κ3) is 11.6. The summed E-state index contributed by atoms with van der Waals surface area (Å²) in [6.07, 6.45) is 9.88. The third-order valence-corrected chi connectivity index (χ3v) is 4.61. The van der Waals surface area contributed by atoms with E-state index in [2.05, 4.69) is 26.3 Å². The van der Waals surface area contributed by atoms with Crippen LogP contribution in [0.1, 0.15) is 82.5 Å². The molecule has 0 bridgehead atoms. The number of nitrogens with zero attached hydrogens (tertiary/aromatic N) is 2. The van der Waals surface area contributed by atoms with Gasteiger partial charge in [0.1, 0.15) is 17.0 Å². The summed E-state index contributed by atoms with van der Waals surface area (Å²) in [6, 6.07) is 2.24. The number of nitrogens with one attached hydrogen (secondary N) is 2. The van der Waals surface area contributed by atoms with Crippen LogP contribution in [0.2, 0.25) is 0 Å². The van der Waals surface area contributed by atoms with E-state index < -0.39 is 17.6 Å². The lowest BCUT2D eigenvalue weighted by Crippen LogP contribution is -2.27. The molecule has 0 spiro atoms. The van der Waals surface area contributed by atoms with E-state index in [1.165, 1.54) is 38.3 Å². The maximum absolute atomic E-state index is 11.3. The number of hydrogen-bond acceptors (Lipinski definition) is 6. The zero-order valence-electron chi connectivity index (χ0n) is 18.6. The second kappa shape index (κ2) is 12.6. The highest BCUT2D eigenvalue weighted by Gasteiger charge is 2.30. The van der Waals surface area contributed by atoms with E-state index >= 15 is 0 Å². The number of carbonyl (C=O) groups excluding carboxylic acids is 3. The molecule has 1 aromatic heterocycles. The number of anilines is 1. The number of amides is 3. The molecule has 10 heteroatoms. The fraction of sp³-hybridized carbons (Fsp3) is 0.667. The first-order valence-corrected chi connectivity index (χ1v) is 10.5. The number of hydrogen-bond donors (Lipinski definition) is 4. The van der Waals surface area contributed by atoms with Gasteiger partial charge >= 0.3 is 6.09 Å². The Hall–Kier alpha value is -3.09. The van der Waals surface area contributed by atoms with Gasteiger partial charge in [-0.25, -0.2) is 4.79 Å². The smallest absolute Gasteiger partial charge is 0.405 e. The Morgan fingerprint density at radius 3 is 2.23 bits per heavy atom. The quantitative estimate of drug-likeness (QED) is 0.565. The molecule has 3 rings (SSSR count). The molecule has 0 atom stereocenters. The molecule has 0 unspecified atom stereocenters. The average Bonchev–Trinajstić information content (AvgIpc) is 3.41. The van der Waals surface area contributed by atoms with Gasteiger partial charge in [-0.1, -0.05) is 19.3 Å². The highest BCUT2D eigenvalue weighted by molar-refractivity contribution is 6.02. The molecular weight excluding hydrogens is 400 g/mol. The molecule has 0 radical (unpaired) electrons. The number of carbonyl (C=O) groups is 3. The van der Waals surface area contributed by atoms with Gasteiger partial charge in [0.25, 0.3) is 5.91 Å². The largest absolute Gasteiger partial charge is 0.444 e.